The van der Waals surface area contributed by atoms with Gasteiger partial charge in [0.2, 0.25) is 11.8 Å². The van der Waals surface area contributed by atoms with Gasteiger partial charge in [0.1, 0.15) is 5.75 Å². The number of amides is 2. The molecule has 2 heterocycles. The van der Waals surface area contributed by atoms with Crippen LogP contribution in [0.5, 0.6) is 5.75 Å². The summed E-state index contributed by atoms with van der Waals surface area (Å²) >= 11 is 0. The van der Waals surface area contributed by atoms with E-state index in [1.165, 1.54) is 5.56 Å². The summed E-state index contributed by atoms with van der Waals surface area (Å²) in [5.41, 5.74) is 3.34. The highest BCUT2D eigenvalue weighted by Crippen LogP contribution is 2.23. The third kappa shape index (κ3) is 6.92. The molecular weight excluding hydrogens is 438 g/mol. The number of ether oxygens (including phenoxy) is 1. The second-order valence-electron chi connectivity index (χ2n) is 9.05. The predicted octanol–water partition coefficient (Wildman–Crippen LogP) is 4.63. The number of aryl methyl sites for hydroxylation is 1. The van der Waals surface area contributed by atoms with Crippen LogP contribution < -0.4 is 4.74 Å². The predicted molar refractivity (Wildman–Crippen MR) is 136 cm³/mol. The van der Waals surface area contributed by atoms with Gasteiger partial charge in [-0.1, -0.05) is 48.5 Å². The third-order valence-electron chi connectivity index (χ3n) is 6.56. The number of nitrogens with zero attached hydrogens (tertiary/aromatic N) is 3. The Morgan fingerprint density at radius 1 is 0.971 bits per heavy atom. The van der Waals surface area contributed by atoms with Gasteiger partial charge in [-0.25, -0.2) is 0 Å². The van der Waals surface area contributed by atoms with E-state index < -0.39 is 0 Å². The molecule has 2 aromatic carbocycles. The molecule has 0 unspecified atom stereocenters. The Morgan fingerprint density at radius 3 is 2.43 bits per heavy atom. The fourth-order valence-corrected chi connectivity index (χ4v) is 4.48. The Morgan fingerprint density at radius 2 is 1.71 bits per heavy atom. The maximum atomic E-state index is 13.6. The Labute approximate surface area is 207 Å². The smallest absolute Gasteiger partial charge is 0.226 e. The maximum absolute atomic E-state index is 13.6. The largest absolute Gasteiger partial charge is 0.493 e. The minimum Gasteiger partial charge on any atom is -0.493 e. The number of aromatic nitrogens is 1. The van der Waals surface area contributed by atoms with Crippen molar-refractivity contribution in [1.29, 1.82) is 0 Å². The van der Waals surface area contributed by atoms with E-state index in [0.29, 0.717) is 52.0 Å². The topological polar surface area (TPSA) is 62.7 Å². The number of rotatable bonds is 9. The maximum Gasteiger partial charge on any atom is 0.226 e. The van der Waals surface area contributed by atoms with Crippen molar-refractivity contribution >= 4 is 11.8 Å². The van der Waals surface area contributed by atoms with E-state index in [1.807, 2.05) is 70.6 Å². The number of benzene rings is 2. The minimum atomic E-state index is -0.0830. The van der Waals surface area contributed by atoms with E-state index in [0.717, 1.165) is 16.9 Å². The molecule has 3 aromatic rings. The van der Waals surface area contributed by atoms with Crippen molar-refractivity contribution in [2.24, 2.45) is 5.92 Å². The first-order valence-electron chi connectivity index (χ1n) is 12.3. The summed E-state index contributed by atoms with van der Waals surface area (Å²) in [7, 11) is 0. The van der Waals surface area contributed by atoms with E-state index in [1.54, 1.807) is 6.20 Å². The number of hydrogen-bond donors (Lipinski definition) is 0. The van der Waals surface area contributed by atoms with E-state index in [4.69, 9.17) is 4.74 Å². The molecule has 1 fully saturated rings. The van der Waals surface area contributed by atoms with Crippen LogP contribution >= 0.6 is 0 Å². The third-order valence-corrected chi connectivity index (χ3v) is 6.56. The summed E-state index contributed by atoms with van der Waals surface area (Å²) in [6.07, 6.45) is 5.27. The lowest BCUT2D eigenvalue weighted by Crippen LogP contribution is -2.44. The Kier molecular flexibility index (Phi) is 8.49. The first-order chi connectivity index (χ1) is 17.1. The number of carbonyl (C=O) groups excluding carboxylic acids is 2. The molecule has 6 nitrogen and oxygen atoms in total. The average Bonchev–Trinajstić information content (AvgIpc) is 2.90. The van der Waals surface area contributed by atoms with Crippen molar-refractivity contribution in [3.63, 3.8) is 0 Å². The molecule has 0 saturated carbocycles. The molecule has 1 aliphatic rings. The number of piperidine rings is 1. The van der Waals surface area contributed by atoms with Crippen molar-refractivity contribution < 1.29 is 14.3 Å². The zero-order valence-electron chi connectivity index (χ0n) is 20.3. The first kappa shape index (κ1) is 24.5. The number of likely N-dealkylation sites (tertiary alicyclic amines) is 1. The molecule has 0 atom stereocenters. The Bertz CT molecular complexity index is 1100. The summed E-state index contributed by atoms with van der Waals surface area (Å²) in [5.74, 6) is 0.919. The standard InChI is InChI=1S/C29H33N3O3/c1-23-8-5-6-10-26(23)22-32(21-24-9-7-16-30-20-24)29(34)25-13-17-31(18-14-25)28(33)15-19-35-27-11-3-2-4-12-27/h2-12,16,20,25H,13-15,17-19,21-22H2,1H3. The van der Waals surface area contributed by atoms with E-state index >= 15 is 0 Å². The lowest BCUT2D eigenvalue weighted by atomic mass is 9.94. The Hall–Kier alpha value is -3.67. The van der Waals surface area contributed by atoms with Crippen LogP contribution in [-0.2, 0) is 22.7 Å². The van der Waals surface area contributed by atoms with Crippen LogP contribution in [0.3, 0.4) is 0 Å². The summed E-state index contributed by atoms with van der Waals surface area (Å²) in [6, 6.07) is 21.6. The number of pyridine rings is 1. The van der Waals surface area contributed by atoms with Gasteiger partial charge in [0.15, 0.2) is 0 Å². The molecule has 6 heteroatoms. The molecule has 2 amide bonds. The highest BCUT2D eigenvalue weighted by molar-refractivity contribution is 5.80. The fourth-order valence-electron chi connectivity index (χ4n) is 4.48. The summed E-state index contributed by atoms with van der Waals surface area (Å²) in [4.78, 5) is 34.3. The highest BCUT2D eigenvalue weighted by Gasteiger charge is 2.30. The fraction of sp³-hybridized carbons (Fsp3) is 0.345. The van der Waals surface area contributed by atoms with Gasteiger partial charge >= 0.3 is 0 Å². The van der Waals surface area contributed by atoms with Crippen LogP contribution in [0, 0.1) is 12.8 Å². The zero-order chi connectivity index (χ0) is 24.5. The van der Waals surface area contributed by atoms with Gasteiger partial charge in [-0.15, -0.1) is 0 Å². The van der Waals surface area contributed by atoms with Crippen molar-refractivity contribution in [2.45, 2.75) is 39.3 Å². The molecule has 0 aliphatic carbocycles. The Balaban J connectivity index is 1.33. The van der Waals surface area contributed by atoms with E-state index in [-0.39, 0.29) is 17.7 Å². The van der Waals surface area contributed by atoms with Crippen molar-refractivity contribution in [3.8, 4) is 5.75 Å². The number of carbonyl (C=O) groups is 2. The molecule has 0 radical (unpaired) electrons. The quantitative estimate of drug-likeness (QED) is 0.457. The zero-order valence-corrected chi connectivity index (χ0v) is 20.3. The molecule has 0 bridgehead atoms. The molecule has 1 aliphatic heterocycles. The molecule has 182 valence electrons. The average molecular weight is 472 g/mol. The molecule has 1 aromatic heterocycles. The van der Waals surface area contributed by atoms with Gasteiger partial charge in [-0.2, -0.15) is 0 Å². The van der Waals surface area contributed by atoms with Gasteiger partial charge in [0, 0.05) is 44.5 Å². The van der Waals surface area contributed by atoms with Crippen LogP contribution in [0.4, 0.5) is 0 Å². The van der Waals surface area contributed by atoms with Crippen molar-refractivity contribution in [1.82, 2.24) is 14.8 Å². The van der Waals surface area contributed by atoms with Gasteiger partial charge in [0.05, 0.1) is 13.0 Å². The van der Waals surface area contributed by atoms with E-state index in [2.05, 4.69) is 24.0 Å². The molecular formula is C29H33N3O3. The van der Waals surface area contributed by atoms with Crippen LogP contribution in [0.1, 0.15) is 36.0 Å². The van der Waals surface area contributed by atoms with Gasteiger partial charge in [-0.05, 0) is 54.7 Å². The summed E-state index contributed by atoms with van der Waals surface area (Å²) < 4.78 is 5.67. The molecule has 1 saturated heterocycles. The van der Waals surface area contributed by atoms with Gasteiger partial charge in [0.25, 0.3) is 0 Å². The number of hydrogen-bond acceptors (Lipinski definition) is 4. The van der Waals surface area contributed by atoms with Crippen molar-refractivity contribution in [3.05, 3.63) is 95.8 Å². The van der Waals surface area contributed by atoms with Gasteiger partial charge in [-0.3, -0.25) is 14.6 Å². The lowest BCUT2D eigenvalue weighted by molar-refractivity contribution is -0.141. The monoisotopic (exact) mass is 471 g/mol. The van der Waals surface area contributed by atoms with E-state index in [9.17, 15) is 9.59 Å². The van der Waals surface area contributed by atoms with Gasteiger partial charge < -0.3 is 14.5 Å². The SMILES string of the molecule is Cc1ccccc1CN(Cc1cccnc1)C(=O)C1CCN(C(=O)CCOc2ccccc2)CC1. The molecule has 0 N–H and O–H groups in total. The summed E-state index contributed by atoms with van der Waals surface area (Å²) in [5, 5.41) is 0. The van der Waals surface area contributed by atoms with Crippen LogP contribution in [0.25, 0.3) is 0 Å². The molecule has 35 heavy (non-hydrogen) atoms. The second-order valence-corrected chi connectivity index (χ2v) is 9.05. The number of para-hydroxylation sites is 1. The second kappa shape index (κ2) is 12.2. The lowest BCUT2D eigenvalue weighted by Gasteiger charge is -2.34. The van der Waals surface area contributed by atoms with Crippen LogP contribution in [-0.4, -0.2) is 46.3 Å². The van der Waals surface area contributed by atoms with Crippen molar-refractivity contribution in [2.75, 3.05) is 19.7 Å². The normalized spacial score (nSPS) is 13.9. The molecule has 0 spiro atoms. The van der Waals surface area contributed by atoms with Crippen LogP contribution in [0.15, 0.2) is 79.1 Å². The molecule has 4 rings (SSSR count). The highest BCUT2D eigenvalue weighted by atomic mass is 16.5. The minimum absolute atomic E-state index is 0.0824. The first-order valence-corrected chi connectivity index (χ1v) is 12.3. The van der Waals surface area contributed by atoms with Crippen LogP contribution in [0.2, 0.25) is 0 Å². The summed E-state index contributed by atoms with van der Waals surface area (Å²) in [6.45, 7) is 4.73.